The van der Waals surface area contributed by atoms with Gasteiger partial charge in [0.2, 0.25) is 15.9 Å². The molecule has 1 amide bonds. The first-order valence-electron chi connectivity index (χ1n) is 6.54. The molecule has 1 aromatic carbocycles. The second-order valence-corrected chi connectivity index (χ2v) is 6.65. The third kappa shape index (κ3) is 4.29. The Balaban J connectivity index is 1.80. The predicted octanol–water partition coefficient (Wildman–Crippen LogP) is -0.504. The number of amides is 1. The van der Waals surface area contributed by atoms with Crippen LogP contribution in [0.15, 0.2) is 24.3 Å². The van der Waals surface area contributed by atoms with Gasteiger partial charge in [-0.3, -0.25) is 4.79 Å². The fourth-order valence-corrected chi connectivity index (χ4v) is 2.79. The van der Waals surface area contributed by atoms with Gasteiger partial charge in [-0.2, -0.15) is 0 Å². The van der Waals surface area contributed by atoms with Crippen LogP contribution in [0, 0.1) is 0 Å². The number of nitrogens with two attached hydrogens (primary N) is 1. The highest BCUT2D eigenvalue weighted by Gasteiger charge is 2.23. The van der Waals surface area contributed by atoms with Gasteiger partial charge < -0.3 is 10.6 Å². The number of primary sulfonamides is 1. The third-order valence-electron chi connectivity index (χ3n) is 3.30. The number of fused-ring (bicyclic) bond motifs is 1. The number of carbonyl (C=O) groups is 1. The standard InChI is InChI=1S/C13H19N3O3S/c14-20(18,19)7-3-6-15-13(17)12-8-10-4-1-2-5-11(10)9-16-12/h1-2,4-5,12,16H,3,6-9H2,(H,15,17)(H2,14,18,19)/t12-/m1/s1. The zero-order valence-corrected chi connectivity index (χ0v) is 11.9. The van der Waals surface area contributed by atoms with Crippen molar-refractivity contribution < 1.29 is 13.2 Å². The Bertz CT molecular complexity index is 586. The average molecular weight is 297 g/mol. The molecule has 7 heteroatoms. The Morgan fingerprint density at radius 3 is 2.75 bits per heavy atom. The summed E-state index contributed by atoms with van der Waals surface area (Å²) >= 11 is 0. The monoisotopic (exact) mass is 297 g/mol. The molecular weight excluding hydrogens is 278 g/mol. The maximum absolute atomic E-state index is 12.0. The normalized spacial score (nSPS) is 18.4. The SMILES string of the molecule is NS(=O)(=O)CCCNC(=O)[C@H]1Cc2ccccc2CN1. The smallest absolute Gasteiger partial charge is 0.237 e. The summed E-state index contributed by atoms with van der Waals surface area (Å²) in [6, 6.07) is 7.75. The highest BCUT2D eigenvalue weighted by molar-refractivity contribution is 7.89. The molecular formula is C13H19N3O3S. The zero-order valence-electron chi connectivity index (χ0n) is 11.1. The Labute approximate surface area is 118 Å². The number of hydrogen-bond donors (Lipinski definition) is 3. The molecule has 0 saturated heterocycles. The first-order chi connectivity index (χ1) is 9.46. The minimum atomic E-state index is -3.45. The van der Waals surface area contributed by atoms with Crippen LogP contribution in [-0.4, -0.2) is 32.7 Å². The molecule has 0 saturated carbocycles. The lowest BCUT2D eigenvalue weighted by atomic mass is 9.95. The molecule has 4 N–H and O–H groups in total. The minimum absolute atomic E-state index is 0.103. The molecule has 20 heavy (non-hydrogen) atoms. The van der Waals surface area contributed by atoms with Crippen LogP contribution in [0.1, 0.15) is 17.5 Å². The maximum atomic E-state index is 12.0. The van der Waals surface area contributed by atoms with Crippen LogP contribution >= 0.6 is 0 Å². The number of sulfonamides is 1. The van der Waals surface area contributed by atoms with E-state index >= 15 is 0 Å². The highest BCUT2D eigenvalue weighted by Crippen LogP contribution is 2.16. The third-order valence-corrected chi connectivity index (χ3v) is 4.16. The summed E-state index contributed by atoms with van der Waals surface area (Å²) in [6.45, 7) is 0.987. The Hall–Kier alpha value is -1.44. The van der Waals surface area contributed by atoms with E-state index in [2.05, 4.69) is 10.6 Å². The summed E-state index contributed by atoms with van der Waals surface area (Å²) in [5, 5.41) is 10.8. The van der Waals surface area contributed by atoms with Gasteiger partial charge in [-0.25, -0.2) is 13.6 Å². The van der Waals surface area contributed by atoms with E-state index in [9.17, 15) is 13.2 Å². The molecule has 0 radical (unpaired) electrons. The largest absolute Gasteiger partial charge is 0.355 e. The average Bonchev–Trinajstić information content (AvgIpc) is 2.42. The van der Waals surface area contributed by atoms with Crippen molar-refractivity contribution in [1.29, 1.82) is 0 Å². The van der Waals surface area contributed by atoms with Crippen LogP contribution in [-0.2, 0) is 27.8 Å². The first-order valence-corrected chi connectivity index (χ1v) is 8.25. The fraction of sp³-hybridized carbons (Fsp3) is 0.462. The van der Waals surface area contributed by atoms with Crippen molar-refractivity contribution in [1.82, 2.24) is 10.6 Å². The van der Waals surface area contributed by atoms with Gasteiger partial charge in [0.15, 0.2) is 0 Å². The molecule has 0 fully saturated rings. The van der Waals surface area contributed by atoms with Crippen LogP contribution in [0.25, 0.3) is 0 Å². The Kier molecular flexibility index (Phi) is 4.74. The van der Waals surface area contributed by atoms with Crippen molar-refractivity contribution in [2.24, 2.45) is 5.14 Å². The summed E-state index contributed by atoms with van der Waals surface area (Å²) in [4.78, 5) is 12.0. The fourth-order valence-electron chi connectivity index (χ4n) is 2.25. The van der Waals surface area contributed by atoms with E-state index < -0.39 is 10.0 Å². The van der Waals surface area contributed by atoms with Gasteiger partial charge in [0.05, 0.1) is 11.8 Å². The predicted molar refractivity (Wildman–Crippen MR) is 76.4 cm³/mol. The molecule has 0 aliphatic carbocycles. The molecule has 1 heterocycles. The summed E-state index contributed by atoms with van der Waals surface area (Å²) in [7, 11) is -3.45. The van der Waals surface area contributed by atoms with Crippen LogP contribution in [0.4, 0.5) is 0 Å². The van der Waals surface area contributed by atoms with Crippen molar-refractivity contribution in [2.45, 2.75) is 25.4 Å². The van der Waals surface area contributed by atoms with E-state index in [1.54, 1.807) is 0 Å². The summed E-state index contributed by atoms with van der Waals surface area (Å²) in [6.07, 6.45) is 0.977. The number of carbonyl (C=O) groups excluding carboxylic acids is 1. The van der Waals surface area contributed by atoms with Crippen LogP contribution in [0.3, 0.4) is 0 Å². The molecule has 6 nitrogen and oxygen atoms in total. The van der Waals surface area contributed by atoms with Crippen LogP contribution in [0.5, 0.6) is 0 Å². The van der Waals surface area contributed by atoms with E-state index in [0.717, 1.165) is 0 Å². The molecule has 1 atom stereocenters. The number of benzene rings is 1. The Morgan fingerprint density at radius 1 is 1.35 bits per heavy atom. The van der Waals surface area contributed by atoms with E-state index in [-0.39, 0.29) is 17.7 Å². The van der Waals surface area contributed by atoms with E-state index in [0.29, 0.717) is 25.9 Å². The van der Waals surface area contributed by atoms with E-state index in [1.165, 1.54) is 11.1 Å². The molecule has 1 aliphatic rings. The van der Waals surface area contributed by atoms with Crippen LogP contribution in [0.2, 0.25) is 0 Å². The Morgan fingerprint density at radius 2 is 2.05 bits per heavy atom. The molecule has 0 aromatic heterocycles. The lowest BCUT2D eigenvalue weighted by Crippen LogP contribution is -2.48. The van der Waals surface area contributed by atoms with Gasteiger partial charge in [-0.1, -0.05) is 24.3 Å². The maximum Gasteiger partial charge on any atom is 0.237 e. The van der Waals surface area contributed by atoms with E-state index in [4.69, 9.17) is 5.14 Å². The second kappa shape index (κ2) is 6.34. The molecule has 110 valence electrons. The molecule has 0 unspecified atom stereocenters. The van der Waals surface area contributed by atoms with Gasteiger partial charge in [0.25, 0.3) is 0 Å². The van der Waals surface area contributed by atoms with Gasteiger partial charge in [-0.15, -0.1) is 0 Å². The van der Waals surface area contributed by atoms with Gasteiger partial charge in [0.1, 0.15) is 0 Å². The van der Waals surface area contributed by atoms with Gasteiger partial charge in [-0.05, 0) is 24.0 Å². The molecule has 1 aromatic rings. The van der Waals surface area contributed by atoms with Crippen LogP contribution < -0.4 is 15.8 Å². The first kappa shape index (κ1) is 15.0. The lowest BCUT2D eigenvalue weighted by molar-refractivity contribution is -0.123. The zero-order chi connectivity index (χ0) is 14.6. The minimum Gasteiger partial charge on any atom is -0.355 e. The molecule has 0 bridgehead atoms. The molecule has 0 spiro atoms. The van der Waals surface area contributed by atoms with Crippen molar-refractivity contribution in [3.8, 4) is 0 Å². The molecule has 2 rings (SSSR count). The lowest BCUT2D eigenvalue weighted by Gasteiger charge is -2.25. The van der Waals surface area contributed by atoms with Crippen molar-refractivity contribution >= 4 is 15.9 Å². The highest BCUT2D eigenvalue weighted by atomic mass is 32.2. The summed E-state index contributed by atoms with van der Waals surface area (Å²) in [5.74, 6) is -0.220. The van der Waals surface area contributed by atoms with Gasteiger partial charge >= 0.3 is 0 Å². The van der Waals surface area contributed by atoms with Crippen molar-refractivity contribution in [2.75, 3.05) is 12.3 Å². The number of nitrogens with one attached hydrogen (secondary N) is 2. The topological polar surface area (TPSA) is 101 Å². The van der Waals surface area contributed by atoms with Gasteiger partial charge in [0, 0.05) is 13.1 Å². The van der Waals surface area contributed by atoms with Crippen molar-refractivity contribution in [3.63, 3.8) is 0 Å². The van der Waals surface area contributed by atoms with E-state index in [1.807, 2.05) is 24.3 Å². The second-order valence-electron chi connectivity index (χ2n) is 4.92. The quantitative estimate of drug-likeness (QED) is 0.637. The number of hydrogen-bond acceptors (Lipinski definition) is 4. The summed E-state index contributed by atoms with van der Waals surface area (Å²) < 4.78 is 21.5. The van der Waals surface area contributed by atoms with Crippen molar-refractivity contribution in [3.05, 3.63) is 35.4 Å². The molecule has 1 aliphatic heterocycles. The number of rotatable bonds is 5. The summed E-state index contributed by atoms with van der Waals surface area (Å²) in [5.41, 5.74) is 2.39.